The lowest BCUT2D eigenvalue weighted by molar-refractivity contribution is -0.387. The Morgan fingerprint density at radius 3 is 2.56 bits per heavy atom. The van der Waals surface area contributed by atoms with Crippen LogP contribution in [0.1, 0.15) is 5.56 Å². The fourth-order valence-electron chi connectivity index (χ4n) is 1.23. The van der Waals surface area contributed by atoms with E-state index in [9.17, 15) is 28.1 Å². The van der Waals surface area contributed by atoms with Gasteiger partial charge in [-0.15, -0.1) is 0 Å². The van der Waals surface area contributed by atoms with Gasteiger partial charge in [0.1, 0.15) is 5.75 Å². The standard InChI is InChI=1S/C9H6F3NO5/c10-8-4(2-7(14)15)1-5(18-9(11)12)3-6(8)13(16)17/h1,3,9H,2H2,(H,14,15). The first kappa shape index (κ1) is 13.7. The number of aliphatic carboxylic acids is 1. The lowest BCUT2D eigenvalue weighted by atomic mass is 10.1. The van der Waals surface area contributed by atoms with Crippen LogP contribution in [0.15, 0.2) is 12.1 Å². The monoisotopic (exact) mass is 265 g/mol. The van der Waals surface area contributed by atoms with Crippen LogP contribution in [0.25, 0.3) is 0 Å². The number of benzene rings is 1. The number of ether oxygens (including phenoxy) is 1. The van der Waals surface area contributed by atoms with Crippen molar-refractivity contribution in [1.29, 1.82) is 0 Å². The minimum atomic E-state index is -3.26. The predicted octanol–water partition coefficient (Wildman–Crippen LogP) is 1.96. The van der Waals surface area contributed by atoms with E-state index in [0.717, 1.165) is 0 Å². The number of hydrogen-bond donors (Lipinski definition) is 1. The Bertz CT molecular complexity index is 491. The third-order valence-corrected chi connectivity index (χ3v) is 1.87. The maximum atomic E-state index is 13.5. The van der Waals surface area contributed by atoms with E-state index in [2.05, 4.69) is 4.74 Å². The summed E-state index contributed by atoms with van der Waals surface area (Å²) in [5.41, 5.74) is -1.73. The second-order valence-corrected chi connectivity index (χ2v) is 3.12. The van der Waals surface area contributed by atoms with Crippen LogP contribution in [0.5, 0.6) is 5.75 Å². The number of alkyl halides is 2. The molecule has 1 aromatic rings. The summed E-state index contributed by atoms with van der Waals surface area (Å²) >= 11 is 0. The van der Waals surface area contributed by atoms with E-state index in [-0.39, 0.29) is 0 Å². The van der Waals surface area contributed by atoms with E-state index in [4.69, 9.17) is 5.11 Å². The summed E-state index contributed by atoms with van der Waals surface area (Å²) in [6, 6.07) is 1.15. The third kappa shape index (κ3) is 3.34. The van der Waals surface area contributed by atoms with Gasteiger partial charge in [-0.05, 0) is 6.07 Å². The molecule has 0 saturated carbocycles. The molecule has 98 valence electrons. The van der Waals surface area contributed by atoms with Crippen LogP contribution in [0.2, 0.25) is 0 Å². The van der Waals surface area contributed by atoms with Crippen LogP contribution >= 0.6 is 0 Å². The van der Waals surface area contributed by atoms with Gasteiger partial charge in [-0.3, -0.25) is 14.9 Å². The first-order valence-corrected chi connectivity index (χ1v) is 4.44. The van der Waals surface area contributed by atoms with Crippen LogP contribution in [-0.4, -0.2) is 22.6 Å². The largest absolute Gasteiger partial charge is 0.481 e. The van der Waals surface area contributed by atoms with E-state index >= 15 is 0 Å². The molecule has 0 heterocycles. The van der Waals surface area contributed by atoms with Gasteiger partial charge in [0.25, 0.3) is 0 Å². The highest BCUT2D eigenvalue weighted by atomic mass is 19.3. The van der Waals surface area contributed by atoms with Gasteiger partial charge in [-0.2, -0.15) is 13.2 Å². The van der Waals surface area contributed by atoms with E-state index in [1.165, 1.54) is 0 Å². The van der Waals surface area contributed by atoms with E-state index in [1.54, 1.807) is 0 Å². The second kappa shape index (κ2) is 5.34. The Kier molecular flexibility index (Phi) is 4.08. The Balaban J connectivity index is 3.27. The highest BCUT2D eigenvalue weighted by molar-refractivity contribution is 5.71. The zero-order chi connectivity index (χ0) is 13.9. The quantitative estimate of drug-likeness (QED) is 0.649. The molecule has 1 aromatic carbocycles. The minimum Gasteiger partial charge on any atom is -0.481 e. The van der Waals surface area contributed by atoms with Crippen LogP contribution in [0.4, 0.5) is 18.9 Å². The van der Waals surface area contributed by atoms with E-state index in [1.807, 2.05) is 0 Å². The number of carboxylic acids is 1. The number of halogens is 3. The molecule has 0 amide bonds. The number of carbonyl (C=O) groups is 1. The van der Waals surface area contributed by atoms with E-state index < -0.39 is 46.7 Å². The number of rotatable bonds is 5. The summed E-state index contributed by atoms with van der Waals surface area (Å²) < 4.78 is 41.2. The molecular weight excluding hydrogens is 259 g/mol. The molecule has 0 radical (unpaired) electrons. The fourth-order valence-corrected chi connectivity index (χ4v) is 1.23. The molecule has 0 aromatic heterocycles. The van der Waals surface area contributed by atoms with Gasteiger partial charge in [-0.1, -0.05) is 0 Å². The predicted molar refractivity (Wildman–Crippen MR) is 51.0 cm³/mol. The maximum Gasteiger partial charge on any atom is 0.387 e. The Morgan fingerprint density at radius 1 is 1.50 bits per heavy atom. The van der Waals surface area contributed by atoms with Crippen LogP contribution in [0, 0.1) is 15.9 Å². The Hall–Kier alpha value is -2.32. The third-order valence-electron chi connectivity index (χ3n) is 1.87. The molecule has 9 heteroatoms. The summed E-state index contributed by atoms with van der Waals surface area (Å²) in [5.74, 6) is -3.52. The highest BCUT2D eigenvalue weighted by Crippen LogP contribution is 2.28. The van der Waals surface area contributed by atoms with Crippen molar-refractivity contribution < 1.29 is 32.7 Å². The molecule has 0 bridgehead atoms. The average Bonchev–Trinajstić information content (AvgIpc) is 2.20. The van der Waals surface area contributed by atoms with E-state index in [0.29, 0.717) is 12.1 Å². The molecule has 0 fully saturated rings. The van der Waals surface area contributed by atoms with Crippen molar-refractivity contribution in [2.45, 2.75) is 13.0 Å². The second-order valence-electron chi connectivity index (χ2n) is 3.12. The summed E-state index contributed by atoms with van der Waals surface area (Å²) in [7, 11) is 0. The number of hydrogen-bond acceptors (Lipinski definition) is 4. The van der Waals surface area contributed by atoms with Crippen molar-refractivity contribution in [2.24, 2.45) is 0 Å². The molecule has 0 aliphatic heterocycles. The zero-order valence-corrected chi connectivity index (χ0v) is 8.60. The Morgan fingerprint density at radius 2 is 2.11 bits per heavy atom. The first-order chi connectivity index (χ1) is 8.31. The molecule has 0 unspecified atom stereocenters. The number of carboxylic acid groups (broad SMARTS) is 1. The van der Waals surface area contributed by atoms with Gasteiger partial charge in [0, 0.05) is 5.56 Å². The van der Waals surface area contributed by atoms with Crippen molar-refractivity contribution in [3.05, 3.63) is 33.6 Å². The lowest BCUT2D eigenvalue weighted by Gasteiger charge is -2.07. The van der Waals surface area contributed by atoms with Gasteiger partial charge < -0.3 is 9.84 Å². The zero-order valence-electron chi connectivity index (χ0n) is 8.60. The molecule has 0 aliphatic carbocycles. The molecular formula is C9H6F3NO5. The average molecular weight is 265 g/mol. The number of nitro benzene ring substituents is 1. The van der Waals surface area contributed by atoms with Crippen LogP contribution < -0.4 is 4.74 Å². The first-order valence-electron chi connectivity index (χ1n) is 4.44. The Labute approximate surface area is 97.7 Å². The van der Waals surface area contributed by atoms with Gasteiger partial charge in [0.2, 0.25) is 5.82 Å². The van der Waals surface area contributed by atoms with Gasteiger partial charge in [-0.25, -0.2) is 0 Å². The fraction of sp³-hybridized carbons (Fsp3) is 0.222. The number of nitrogens with zero attached hydrogens (tertiary/aromatic N) is 1. The van der Waals surface area contributed by atoms with Gasteiger partial charge in [0.05, 0.1) is 17.4 Å². The van der Waals surface area contributed by atoms with Crippen molar-refractivity contribution in [3.8, 4) is 5.75 Å². The summed E-state index contributed by atoms with van der Waals surface area (Å²) in [5, 5.41) is 18.9. The topological polar surface area (TPSA) is 89.7 Å². The van der Waals surface area contributed by atoms with Crippen molar-refractivity contribution in [1.82, 2.24) is 0 Å². The smallest absolute Gasteiger partial charge is 0.387 e. The molecule has 6 nitrogen and oxygen atoms in total. The van der Waals surface area contributed by atoms with Crippen molar-refractivity contribution in [2.75, 3.05) is 0 Å². The highest BCUT2D eigenvalue weighted by Gasteiger charge is 2.22. The van der Waals surface area contributed by atoms with Crippen LogP contribution in [0.3, 0.4) is 0 Å². The lowest BCUT2D eigenvalue weighted by Crippen LogP contribution is -2.08. The molecule has 18 heavy (non-hydrogen) atoms. The van der Waals surface area contributed by atoms with Crippen LogP contribution in [-0.2, 0) is 11.2 Å². The molecule has 0 aliphatic rings. The molecule has 0 spiro atoms. The summed E-state index contributed by atoms with van der Waals surface area (Å²) in [4.78, 5) is 19.7. The minimum absolute atomic E-state index is 0.465. The summed E-state index contributed by atoms with van der Waals surface area (Å²) in [6.07, 6.45) is -0.882. The normalized spacial score (nSPS) is 10.4. The summed E-state index contributed by atoms with van der Waals surface area (Å²) in [6.45, 7) is -3.26. The maximum absolute atomic E-state index is 13.5. The molecule has 1 rings (SSSR count). The molecule has 0 saturated heterocycles. The van der Waals surface area contributed by atoms with Crippen molar-refractivity contribution in [3.63, 3.8) is 0 Å². The number of nitro groups is 1. The SMILES string of the molecule is O=C(O)Cc1cc(OC(F)F)cc([N+](=O)[O-])c1F. The van der Waals surface area contributed by atoms with Crippen molar-refractivity contribution >= 4 is 11.7 Å². The van der Waals surface area contributed by atoms with Gasteiger partial charge in [0.15, 0.2) is 0 Å². The molecule has 0 atom stereocenters. The molecule has 1 N–H and O–H groups in total. The van der Waals surface area contributed by atoms with Gasteiger partial charge >= 0.3 is 18.3 Å².